The number of halogens is 1. The van der Waals surface area contributed by atoms with E-state index in [4.69, 9.17) is 0 Å². The Morgan fingerprint density at radius 1 is 1.31 bits per heavy atom. The van der Waals surface area contributed by atoms with Gasteiger partial charge in [0.25, 0.3) is 0 Å². The maximum Gasteiger partial charge on any atom is 0.0897 e. The van der Waals surface area contributed by atoms with Crippen molar-refractivity contribution in [3.05, 3.63) is 35.4 Å². The maximum absolute atomic E-state index is 12.2. The molecular weight excluding hydrogens is 201 g/mol. The van der Waals surface area contributed by atoms with Crippen molar-refractivity contribution >= 4 is 0 Å². The molecule has 0 saturated carbocycles. The Hall–Kier alpha value is -0.890. The quantitative estimate of drug-likeness (QED) is 0.824. The minimum absolute atomic E-state index is 0.211. The molecule has 0 bridgehead atoms. The number of nitrogens with one attached hydrogen (secondary N) is 1. The summed E-state index contributed by atoms with van der Waals surface area (Å²) in [6, 6.07) is 8.53. The summed E-state index contributed by atoms with van der Waals surface area (Å²) < 4.78 is 12.2. The number of rotatable bonds is 4. The summed E-state index contributed by atoms with van der Waals surface area (Å²) >= 11 is 0. The first kappa shape index (κ1) is 11.6. The van der Waals surface area contributed by atoms with Crippen molar-refractivity contribution in [2.75, 3.05) is 19.8 Å². The van der Waals surface area contributed by atoms with Crippen molar-refractivity contribution in [1.29, 1.82) is 0 Å². The normalized spacial score (nSPS) is 20.9. The van der Waals surface area contributed by atoms with E-state index in [1.54, 1.807) is 0 Å². The molecule has 2 rings (SSSR count). The van der Waals surface area contributed by atoms with Crippen LogP contribution < -0.4 is 5.32 Å². The molecule has 1 aliphatic heterocycles. The molecule has 88 valence electrons. The molecule has 1 unspecified atom stereocenters. The number of benzene rings is 1. The minimum atomic E-state index is -0.211. The first-order valence-corrected chi connectivity index (χ1v) is 6.26. The molecule has 0 radical (unpaired) electrons. The molecule has 0 aliphatic carbocycles. The van der Waals surface area contributed by atoms with E-state index in [0.717, 1.165) is 19.5 Å². The zero-order valence-electron chi connectivity index (χ0n) is 9.71. The van der Waals surface area contributed by atoms with Crippen LogP contribution in [-0.2, 0) is 6.42 Å². The number of hydrogen-bond donors (Lipinski definition) is 1. The second kappa shape index (κ2) is 6.00. The SMILES string of the molecule is FCCCc1ccccc1C1CCCNC1. The fraction of sp³-hybridized carbons (Fsp3) is 0.571. The summed E-state index contributed by atoms with van der Waals surface area (Å²) in [4.78, 5) is 0. The summed E-state index contributed by atoms with van der Waals surface area (Å²) in [7, 11) is 0. The largest absolute Gasteiger partial charge is 0.316 e. The van der Waals surface area contributed by atoms with Gasteiger partial charge in [0.2, 0.25) is 0 Å². The molecule has 16 heavy (non-hydrogen) atoms. The number of aryl methyl sites for hydroxylation is 1. The van der Waals surface area contributed by atoms with Gasteiger partial charge in [0.1, 0.15) is 0 Å². The third kappa shape index (κ3) is 2.82. The lowest BCUT2D eigenvalue weighted by Crippen LogP contribution is -2.28. The van der Waals surface area contributed by atoms with E-state index in [2.05, 4.69) is 29.6 Å². The van der Waals surface area contributed by atoms with E-state index in [-0.39, 0.29) is 6.67 Å². The van der Waals surface area contributed by atoms with E-state index in [1.165, 1.54) is 24.0 Å². The van der Waals surface area contributed by atoms with Crippen LogP contribution in [-0.4, -0.2) is 19.8 Å². The highest BCUT2D eigenvalue weighted by Gasteiger charge is 2.17. The van der Waals surface area contributed by atoms with E-state index < -0.39 is 0 Å². The van der Waals surface area contributed by atoms with Crippen LogP contribution in [0.4, 0.5) is 4.39 Å². The zero-order chi connectivity index (χ0) is 11.2. The van der Waals surface area contributed by atoms with Crippen molar-refractivity contribution in [2.45, 2.75) is 31.6 Å². The molecule has 1 nitrogen and oxygen atoms in total. The molecule has 1 fully saturated rings. The van der Waals surface area contributed by atoms with Crippen LogP contribution in [0.5, 0.6) is 0 Å². The van der Waals surface area contributed by atoms with Crippen molar-refractivity contribution < 1.29 is 4.39 Å². The molecule has 1 atom stereocenters. The van der Waals surface area contributed by atoms with Gasteiger partial charge in [0.05, 0.1) is 6.67 Å². The molecule has 1 N–H and O–H groups in total. The second-order valence-corrected chi connectivity index (χ2v) is 4.53. The Bertz CT molecular complexity index is 318. The molecule has 1 saturated heterocycles. The van der Waals surface area contributed by atoms with Crippen LogP contribution in [0.3, 0.4) is 0 Å². The van der Waals surface area contributed by atoms with E-state index >= 15 is 0 Å². The highest BCUT2D eigenvalue weighted by molar-refractivity contribution is 5.31. The standard InChI is InChI=1S/C14H20FN/c15-9-3-6-12-5-1-2-8-14(12)13-7-4-10-16-11-13/h1-2,5,8,13,16H,3-4,6-7,9-11H2. The lowest BCUT2D eigenvalue weighted by atomic mass is 9.87. The molecule has 0 amide bonds. The third-order valence-electron chi connectivity index (χ3n) is 3.37. The average Bonchev–Trinajstić information content (AvgIpc) is 2.38. The molecule has 1 aromatic rings. The number of hydrogen-bond acceptors (Lipinski definition) is 1. The van der Waals surface area contributed by atoms with Crippen molar-refractivity contribution in [2.24, 2.45) is 0 Å². The van der Waals surface area contributed by atoms with Crippen LogP contribution >= 0.6 is 0 Å². The summed E-state index contributed by atoms with van der Waals surface area (Å²) in [6.07, 6.45) is 4.04. The van der Waals surface area contributed by atoms with Crippen LogP contribution in [0.15, 0.2) is 24.3 Å². The van der Waals surface area contributed by atoms with Crippen LogP contribution in [0.25, 0.3) is 0 Å². The molecule has 0 spiro atoms. The smallest absolute Gasteiger partial charge is 0.0897 e. The van der Waals surface area contributed by atoms with E-state index in [1.807, 2.05) is 0 Å². The highest BCUT2D eigenvalue weighted by atomic mass is 19.1. The van der Waals surface area contributed by atoms with Crippen molar-refractivity contribution in [3.8, 4) is 0 Å². The van der Waals surface area contributed by atoms with Gasteiger partial charge in [-0.1, -0.05) is 24.3 Å². The zero-order valence-corrected chi connectivity index (χ0v) is 9.71. The van der Waals surface area contributed by atoms with E-state index in [0.29, 0.717) is 12.3 Å². The van der Waals surface area contributed by atoms with Crippen molar-refractivity contribution in [3.63, 3.8) is 0 Å². The van der Waals surface area contributed by atoms with Crippen LogP contribution in [0, 0.1) is 0 Å². The summed E-state index contributed by atoms with van der Waals surface area (Å²) in [5.74, 6) is 0.629. The van der Waals surface area contributed by atoms with Crippen LogP contribution in [0.1, 0.15) is 36.3 Å². The number of piperidine rings is 1. The monoisotopic (exact) mass is 221 g/mol. The van der Waals surface area contributed by atoms with Gasteiger partial charge in [0.15, 0.2) is 0 Å². The topological polar surface area (TPSA) is 12.0 Å². The van der Waals surface area contributed by atoms with E-state index in [9.17, 15) is 4.39 Å². The third-order valence-corrected chi connectivity index (χ3v) is 3.37. The second-order valence-electron chi connectivity index (χ2n) is 4.53. The molecule has 0 aromatic heterocycles. The summed E-state index contributed by atoms with van der Waals surface area (Å²) in [5.41, 5.74) is 2.78. The first-order valence-electron chi connectivity index (χ1n) is 6.26. The Morgan fingerprint density at radius 3 is 2.94 bits per heavy atom. The fourth-order valence-corrected chi connectivity index (χ4v) is 2.53. The fourth-order valence-electron chi connectivity index (χ4n) is 2.53. The molecule has 1 aromatic carbocycles. The molecular formula is C14H20FN. The number of alkyl halides is 1. The summed E-state index contributed by atoms with van der Waals surface area (Å²) in [5, 5.41) is 3.44. The van der Waals surface area contributed by atoms with Crippen molar-refractivity contribution in [1.82, 2.24) is 5.32 Å². The maximum atomic E-state index is 12.2. The van der Waals surface area contributed by atoms with Gasteiger partial charge in [-0.25, -0.2) is 0 Å². The predicted molar refractivity (Wildman–Crippen MR) is 65.6 cm³/mol. The Kier molecular flexibility index (Phi) is 4.34. The van der Waals surface area contributed by atoms with Gasteiger partial charge >= 0.3 is 0 Å². The lowest BCUT2D eigenvalue weighted by molar-refractivity contribution is 0.453. The first-order chi connectivity index (χ1) is 7.92. The molecule has 2 heteroatoms. The Balaban J connectivity index is 2.11. The molecule has 1 heterocycles. The Morgan fingerprint density at radius 2 is 2.19 bits per heavy atom. The van der Waals surface area contributed by atoms with Gasteiger partial charge in [-0.3, -0.25) is 4.39 Å². The van der Waals surface area contributed by atoms with Gasteiger partial charge in [-0.15, -0.1) is 0 Å². The van der Waals surface area contributed by atoms with Gasteiger partial charge < -0.3 is 5.32 Å². The lowest BCUT2D eigenvalue weighted by Gasteiger charge is -2.25. The Labute approximate surface area is 97.1 Å². The summed E-state index contributed by atoms with van der Waals surface area (Å²) in [6.45, 7) is 2.01. The minimum Gasteiger partial charge on any atom is -0.316 e. The predicted octanol–water partition coefficient (Wildman–Crippen LogP) is 3.06. The highest BCUT2D eigenvalue weighted by Crippen LogP contribution is 2.26. The van der Waals surface area contributed by atoms with Gasteiger partial charge in [-0.05, 0) is 49.3 Å². The average molecular weight is 221 g/mol. The molecule has 1 aliphatic rings. The van der Waals surface area contributed by atoms with Crippen LogP contribution in [0.2, 0.25) is 0 Å². The van der Waals surface area contributed by atoms with Gasteiger partial charge in [0, 0.05) is 6.54 Å². The van der Waals surface area contributed by atoms with Gasteiger partial charge in [-0.2, -0.15) is 0 Å².